The van der Waals surface area contributed by atoms with Crippen LogP contribution < -0.4 is 5.73 Å². The Hall–Kier alpha value is -1.56. The van der Waals surface area contributed by atoms with Crippen LogP contribution in [0.25, 0.3) is 0 Å². The van der Waals surface area contributed by atoms with Gasteiger partial charge in [-0.15, -0.1) is 6.58 Å². The molecule has 1 aliphatic rings. The van der Waals surface area contributed by atoms with E-state index in [2.05, 4.69) is 6.58 Å². The lowest BCUT2D eigenvalue weighted by Crippen LogP contribution is -2.55. The van der Waals surface area contributed by atoms with E-state index in [0.29, 0.717) is 6.42 Å². The summed E-state index contributed by atoms with van der Waals surface area (Å²) in [6, 6.07) is 0. The Kier molecular flexibility index (Phi) is 4.25. The number of carboxylic acids is 1. The van der Waals surface area contributed by atoms with Crippen LogP contribution in [-0.2, 0) is 9.53 Å². The maximum absolute atomic E-state index is 12.0. The van der Waals surface area contributed by atoms with Gasteiger partial charge in [-0.05, 0) is 27.2 Å². The summed E-state index contributed by atoms with van der Waals surface area (Å²) in [6.07, 6.45) is 1.53. The molecular weight excluding hydrogens is 248 g/mol. The predicted octanol–water partition coefficient (Wildman–Crippen LogP) is 1.21. The normalized spacial score (nSPS) is 27.2. The summed E-state index contributed by atoms with van der Waals surface area (Å²) in [5.74, 6) is -1.46. The first-order valence-electron chi connectivity index (χ1n) is 6.21. The second-order valence-corrected chi connectivity index (χ2v) is 5.93. The molecule has 0 aromatic heterocycles. The fourth-order valence-electron chi connectivity index (χ4n) is 2.13. The fourth-order valence-corrected chi connectivity index (χ4v) is 2.13. The van der Waals surface area contributed by atoms with Crippen LogP contribution >= 0.6 is 0 Å². The molecule has 0 aliphatic carbocycles. The summed E-state index contributed by atoms with van der Waals surface area (Å²) >= 11 is 0. The van der Waals surface area contributed by atoms with Crippen molar-refractivity contribution in [2.24, 2.45) is 11.7 Å². The largest absolute Gasteiger partial charge is 0.480 e. The van der Waals surface area contributed by atoms with Crippen LogP contribution in [0.2, 0.25) is 0 Å². The van der Waals surface area contributed by atoms with E-state index in [0.717, 1.165) is 0 Å². The van der Waals surface area contributed by atoms with Crippen molar-refractivity contribution in [2.45, 2.75) is 38.3 Å². The molecule has 0 aromatic carbocycles. The number of amides is 1. The molecule has 6 nitrogen and oxygen atoms in total. The monoisotopic (exact) mass is 270 g/mol. The summed E-state index contributed by atoms with van der Waals surface area (Å²) in [5.41, 5.74) is 3.87. The number of ether oxygens (including phenoxy) is 1. The second kappa shape index (κ2) is 5.21. The first-order valence-corrected chi connectivity index (χ1v) is 6.21. The molecule has 6 heteroatoms. The molecule has 0 unspecified atom stereocenters. The van der Waals surface area contributed by atoms with Crippen molar-refractivity contribution in [3.8, 4) is 0 Å². The second-order valence-electron chi connectivity index (χ2n) is 5.93. The lowest BCUT2D eigenvalue weighted by atomic mass is 9.86. The van der Waals surface area contributed by atoms with Crippen molar-refractivity contribution in [3.63, 3.8) is 0 Å². The maximum atomic E-state index is 12.0. The molecule has 2 atom stereocenters. The van der Waals surface area contributed by atoms with Crippen LogP contribution in [-0.4, -0.2) is 46.3 Å². The molecule has 0 bridgehead atoms. The molecule has 1 rings (SSSR count). The van der Waals surface area contributed by atoms with Crippen molar-refractivity contribution in [3.05, 3.63) is 12.7 Å². The van der Waals surface area contributed by atoms with Gasteiger partial charge in [0.1, 0.15) is 11.1 Å². The topological polar surface area (TPSA) is 92.9 Å². The lowest BCUT2D eigenvalue weighted by molar-refractivity contribution is -0.144. The summed E-state index contributed by atoms with van der Waals surface area (Å²) in [7, 11) is 0. The van der Waals surface area contributed by atoms with E-state index in [1.165, 1.54) is 4.90 Å². The molecule has 0 spiro atoms. The van der Waals surface area contributed by atoms with Crippen LogP contribution in [0.5, 0.6) is 0 Å². The Morgan fingerprint density at radius 2 is 2.16 bits per heavy atom. The Morgan fingerprint density at radius 3 is 2.58 bits per heavy atom. The number of aliphatic carboxylic acids is 1. The summed E-state index contributed by atoms with van der Waals surface area (Å²) in [5, 5.41) is 9.26. The highest BCUT2D eigenvalue weighted by atomic mass is 16.6. The minimum atomic E-state index is -1.44. The van der Waals surface area contributed by atoms with Gasteiger partial charge in [0.15, 0.2) is 0 Å². The molecule has 0 aromatic rings. The van der Waals surface area contributed by atoms with Gasteiger partial charge >= 0.3 is 12.1 Å². The number of hydrogen-bond donors (Lipinski definition) is 2. The number of carboxylic acid groups (broad SMARTS) is 1. The molecule has 108 valence electrons. The number of rotatable bonds is 3. The number of carbonyl (C=O) groups is 2. The van der Waals surface area contributed by atoms with E-state index >= 15 is 0 Å². The maximum Gasteiger partial charge on any atom is 0.410 e. The van der Waals surface area contributed by atoms with E-state index in [-0.39, 0.29) is 19.0 Å². The Bertz CT molecular complexity index is 389. The number of hydrogen-bond acceptors (Lipinski definition) is 4. The van der Waals surface area contributed by atoms with Crippen LogP contribution in [0.3, 0.4) is 0 Å². The van der Waals surface area contributed by atoms with Gasteiger partial charge in [-0.25, -0.2) is 4.79 Å². The van der Waals surface area contributed by atoms with Gasteiger partial charge in [0.05, 0.1) is 6.54 Å². The first kappa shape index (κ1) is 15.5. The first-order chi connectivity index (χ1) is 8.60. The zero-order chi connectivity index (χ0) is 14.8. The van der Waals surface area contributed by atoms with Crippen molar-refractivity contribution in [1.82, 2.24) is 4.90 Å². The number of nitrogens with two attached hydrogens (primary N) is 1. The van der Waals surface area contributed by atoms with Crippen molar-refractivity contribution < 1.29 is 19.4 Å². The Balaban J connectivity index is 2.84. The van der Waals surface area contributed by atoms with Gasteiger partial charge in [0.2, 0.25) is 0 Å². The third-order valence-corrected chi connectivity index (χ3v) is 3.12. The summed E-state index contributed by atoms with van der Waals surface area (Å²) in [4.78, 5) is 24.6. The number of carbonyl (C=O) groups excluding carboxylic acids is 1. The molecule has 3 N–H and O–H groups in total. The average molecular weight is 270 g/mol. The molecule has 19 heavy (non-hydrogen) atoms. The highest BCUT2D eigenvalue weighted by Gasteiger charge is 2.51. The molecule has 1 aliphatic heterocycles. The van der Waals surface area contributed by atoms with Crippen LogP contribution in [0.4, 0.5) is 4.79 Å². The van der Waals surface area contributed by atoms with E-state index in [1.807, 2.05) is 0 Å². The smallest absolute Gasteiger partial charge is 0.410 e. The minimum Gasteiger partial charge on any atom is -0.480 e. The van der Waals surface area contributed by atoms with Crippen LogP contribution in [0.15, 0.2) is 12.7 Å². The zero-order valence-corrected chi connectivity index (χ0v) is 11.7. The van der Waals surface area contributed by atoms with Crippen molar-refractivity contribution >= 4 is 12.1 Å². The lowest BCUT2D eigenvalue weighted by Gasteiger charge is -2.25. The average Bonchev–Trinajstić information content (AvgIpc) is 2.56. The third-order valence-electron chi connectivity index (χ3n) is 3.12. The molecule has 1 saturated heterocycles. The number of nitrogens with zero attached hydrogens (tertiary/aromatic N) is 1. The molecule has 1 amide bonds. The van der Waals surface area contributed by atoms with Gasteiger partial charge in [-0.1, -0.05) is 6.08 Å². The van der Waals surface area contributed by atoms with Crippen LogP contribution in [0.1, 0.15) is 27.2 Å². The van der Waals surface area contributed by atoms with Crippen molar-refractivity contribution in [1.29, 1.82) is 0 Å². The molecular formula is C13H22N2O4. The highest BCUT2D eigenvalue weighted by molar-refractivity contribution is 5.82. The number of likely N-dealkylation sites (tertiary alicyclic amines) is 1. The highest BCUT2D eigenvalue weighted by Crippen LogP contribution is 2.30. The van der Waals surface area contributed by atoms with Gasteiger partial charge in [0.25, 0.3) is 0 Å². The predicted molar refractivity (Wildman–Crippen MR) is 70.7 cm³/mol. The zero-order valence-electron chi connectivity index (χ0n) is 11.7. The molecule has 1 heterocycles. The summed E-state index contributed by atoms with van der Waals surface area (Å²) in [6.45, 7) is 9.09. The van der Waals surface area contributed by atoms with Crippen LogP contribution in [0, 0.1) is 5.92 Å². The minimum absolute atomic E-state index is 0.0459. The fraction of sp³-hybridized carbons (Fsp3) is 0.692. The number of allylic oxidation sites excluding steroid dienone is 1. The van der Waals surface area contributed by atoms with Gasteiger partial charge in [0, 0.05) is 12.5 Å². The quantitative estimate of drug-likeness (QED) is 0.752. The SMILES string of the molecule is C=CC[C@H]1CN(C(=O)OC(C)(C)C)C[C@@]1(N)C(=O)O. The van der Waals surface area contributed by atoms with E-state index in [1.54, 1.807) is 26.8 Å². The third kappa shape index (κ3) is 3.47. The van der Waals surface area contributed by atoms with Crippen molar-refractivity contribution in [2.75, 3.05) is 13.1 Å². The van der Waals surface area contributed by atoms with Gasteiger partial charge in [-0.2, -0.15) is 0 Å². The van der Waals surface area contributed by atoms with E-state index < -0.39 is 23.2 Å². The summed E-state index contributed by atoms with van der Waals surface area (Å²) < 4.78 is 5.23. The van der Waals surface area contributed by atoms with Gasteiger partial charge < -0.3 is 20.5 Å². The van der Waals surface area contributed by atoms with Gasteiger partial charge in [-0.3, -0.25) is 4.79 Å². The molecule has 0 saturated carbocycles. The Labute approximate surface area is 113 Å². The molecule has 0 radical (unpaired) electrons. The molecule has 1 fully saturated rings. The standard InChI is InChI=1S/C13H22N2O4/c1-5-6-9-7-15(8-13(9,14)10(16)17)11(18)19-12(2,3)4/h5,9H,1,6-8,14H2,2-4H3,(H,16,17)/t9-,13-/m0/s1. The van der Waals surface area contributed by atoms with E-state index in [9.17, 15) is 14.7 Å². The van der Waals surface area contributed by atoms with E-state index in [4.69, 9.17) is 10.5 Å². The Morgan fingerprint density at radius 1 is 1.58 bits per heavy atom.